The predicted octanol–water partition coefficient (Wildman–Crippen LogP) is 2.72. The number of hydrogen-bond acceptors (Lipinski definition) is 4. The zero-order valence-corrected chi connectivity index (χ0v) is 11.2. The Morgan fingerprint density at radius 1 is 1.19 bits per heavy atom. The lowest BCUT2D eigenvalue weighted by molar-refractivity contribution is -0.137. The molecule has 1 heterocycles. The molecule has 0 aliphatic heterocycles. The van der Waals surface area contributed by atoms with Crippen LogP contribution in [0.15, 0.2) is 53.1 Å². The number of amides is 1. The van der Waals surface area contributed by atoms with Crippen molar-refractivity contribution in [1.29, 1.82) is 0 Å². The highest BCUT2D eigenvalue weighted by Gasteiger charge is 2.21. The molecule has 1 atom stereocenters. The average Bonchev–Trinajstić information content (AvgIpc) is 2.99. The summed E-state index contributed by atoms with van der Waals surface area (Å²) in [7, 11) is 0. The van der Waals surface area contributed by atoms with E-state index in [2.05, 4.69) is 5.32 Å². The highest BCUT2D eigenvalue weighted by atomic mass is 16.5. The summed E-state index contributed by atoms with van der Waals surface area (Å²) in [4.78, 5) is 22.6. The molecule has 6 nitrogen and oxygen atoms in total. The fraction of sp³-hybridized carbons (Fsp3) is 0.200. The van der Waals surface area contributed by atoms with E-state index in [9.17, 15) is 9.59 Å². The summed E-state index contributed by atoms with van der Waals surface area (Å²) in [5.74, 6) is -0.672. The molecule has 0 radical (unpaired) electrons. The Labute approximate surface area is 121 Å². The van der Waals surface area contributed by atoms with Crippen LogP contribution in [0.25, 0.3) is 0 Å². The zero-order valence-electron chi connectivity index (χ0n) is 11.2. The number of carbonyl (C=O) groups excluding carboxylic acids is 1. The van der Waals surface area contributed by atoms with Gasteiger partial charge in [-0.3, -0.25) is 4.79 Å². The summed E-state index contributed by atoms with van der Waals surface area (Å²) in [5, 5.41) is 11.4. The fourth-order valence-corrected chi connectivity index (χ4v) is 1.79. The molecule has 0 saturated heterocycles. The standard InChI is InChI=1S/C15H15NO5/c17-14(18)9-12(13-7-4-8-20-13)16-15(19)21-10-11-5-2-1-3-6-11/h1-8,12H,9-10H2,(H,16,19)(H,17,18)/t12-/m0/s1. The van der Waals surface area contributed by atoms with Gasteiger partial charge in [0.1, 0.15) is 18.4 Å². The van der Waals surface area contributed by atoms with Gasteiger partial charge in [-0.2, -0.15) is 0 Å². The third kappa shape index (κ3) is 4.68. The molecule has 1 aromatic carbocycles. The van der Waals surface area contributed by atoms with Crippen LogP contribution < -0.4 is 5.32 Å². The van der Waals surface area contributed by atoms with Gasteiger partial charge in [0, 0.05) is 0 Å². The number of benzene rings is 1. The van der Waals surface area contributed by atoms with Crippen LogP contribution in [0, 0.1) is 0 Å². The van der Waals surface area contributed by atoms with Gasteiger partial charge in [-0.15, -0.1) is 0 Å². The summed E-state index contributed by atoms with van der Waals surface area (Å²) < 4.78 is 10.2. The molecule has 0 aliphatic rings. The van der Waals surface area contributed by atoms with E-state index in [1.54, 1.807) is 12.1 Å². The van der Waals surface area contributed by atoms with Crippen LogP contribution in [-0.2, 0) is 16.1 Å². The lowest BCUT2D eigenvalue weighted by Crippen LogP contribution is -2.30. The predicted molar refractivity (Wildman–Crippen MR) is 73.5 cm³/mol. The maximum atomic E-state index is 11.7. The molecule has 0 fully saturated rings. The van der Waals surface area contributed by atoms with Crippen molar-refractivity contribution in [2.45, 2.75) is 19.1 Å². The SMILES string of the molecule is O=C(O)C[C@H](NC(=O)OCc1ccccc1)c1ccco1. The number of nitrogens with one attached hydrogen (secondary N) is 1. The molecule has 2 aromatic rings. The minimum Gasteiger partial charge on any atom is -0.481 e. The van der Waals surface area contributed by atoms with Crippen molar-refractivity contribution in [2.75, 3.05) is 0 Å². The number of aliphatic carboxylic acids is 1. The minimum absolute atomic E-state index is 0.116. The first-order chi connectivity index (χ1) is 10.1. The molecule has 0 bridgehead atoms. The summed E-state index contributed by atoms with van der Waals surface area (Å²) in [5.41, 5.74) is 0.848. The van der Waals surface area contributed by atoms with Crippen molar-refractivity contribution in [3.05, 3.63) is 60.1 Å². The lowest BCUT2D eigenvalue weighted by Gasteiger charge is -2.14. The first-order valence-electron chi connectivity index (χ1n) is 6.37. The molecule has 0 spiro atoms. The Bertz CT molecular complexity index is 579. The number of ether oxygens (including phenoxy) is 1. The zero-order chi connectivity index (χ0) is 15.1. The van der Waals surface area contributed by atoms with E-state index in [0.717, 1.165) is 5.56 Å². The molecular weight excluding hydrogens is 274 g/mol. The Hall–Kier alpha value is -2.76. The summed E-state index contributed by atoms with van der Waals surface area (Å²) >= 11 is 0. The van der Waals surface area contributed by atoms with Crippen LogP contribution in [-0.4, -0.2) is 17.2 Å². The van der Waals surface area contributed by atoms with Crippen LogP contribution in [0.1, 0.15) is 23.8 Å². The minimum atomic E-state index is -1.04. The summed E-state index contributed by atoms with van der Waals surface area (Å²) in [6, 6.07) is 11.7. The second-order valence-corrected chi connectivity index (χ2v) is 4.37. The molecule has 2 rings (SSSR count). The first kappa shape index (κ1) is 14.6. The topological polar surface area (TPSA) is 88.8 Å². The molecule has 1 aromatic heterocycles. The molecule has 0 aliphatic carbocycles. The van der Waals surface area contributed by atoms with E-state index >= 15 is 0 Å². The van der Waals surface area contributed by atoms with Gasteiger partial charge in [0.15, 0.2) is 0 Å². The van der Waals surface area contributed by atoms with Crippen molar-refractivity contribution >= 4 is 12.1 Å². The van der Waals surface area contributed by atoms with Crippen LogP contribution in [0.3, 0.4) is 0 Å². The molecule has 2 N–H and O–H groups in total. The van der Waals surface area contributed by atoms with E-state index in [4.69, 9.17) is 14.3 Å². The van der Waals surface area contributed by atoms with Gasteiger partial charge in [0.2, 0.25) is 0 Å². The Morgan fingerprint density at radius 3 is 2.57 bits per heavy atom. The lowest BCUT2D eigenvalue weighted by atomic mass is 10.1. The van der Waals surface area contributed by atoms with Gasteiger partial charge in [-0.05, 0) is 17.7 Å². The Balaban J connectivity index is 1.90. The molecule has 6 heteroatoms. The van der Waals surface area contributed by atoms with Crippen LogP contribution in [0.5, 0.6) is 0 Å². The van der Waals surface area contributed by atoms with Crippen LogP contribution >= 0.6 is 0 Å². The smallest absolute Gasteiger partial charge is 0.408 e. The van der Waals surface area contributed by atoms with Gasteiger partial charge < -0.3 is 19.6 Å². The van der Waals surface area contributed by atoms with E-state index in [0.29, 0.717) is 5.76 Å². The van der Waals surface area contributed by atoms with E-state index in [-0.39, 0.29) is 13.0 Å². The quantitative estimate of drug-likeness (QED) is 0.853. The van der Waals surface area contributed by atoms with Gasteiger partial charge in [0.05, 0.1) is 12.7 Å². The average molecular weight is 289 g/mol. The molecule has 110 valence electrons. The molecular formula is C15H15NO5. The maximum Gasteiger partial charge on any atom is 0.408 e. The van der Waals surface area contributed by atoms with Gasteiger partial charge >= 0.3 is 12.1 Å². The molecule has 1 amide bonds. The second kappa shape index (κ2) is 7.14. The number of furan rings is 1. The van der Waals surface area contributed by atoms with Crippen molar-refractivity contribution in [3.63, 3.8) is 0 Å². The molecule has 0 unspecified atom stereocenters. The van der Waals surface area contributed by atoms with E-state index in [1.165, 1.54) is 6.26 Å². The van der Waals surface area contributed by atoms with Gasteiger partial charge in [-0.25, -0.2) is 4.79 Å². The van der Waals surface area contributed by atoms with Crippen LogP contribution in [0.4, 0.5) is 4.79 Å². The van der Waals surface area contributed by atoms with Crippen molar-refractivity contribution < 1.29 is 23.8 Å². The number of alkyl carbamates (subject to hydrolysis) is 1. The number of rotatable bonds is 6. The molecule has 21 heavy (non-hydrogen) atoms. The number of hydrogen-bond donors (Lipinski definition) is 2. The first-order valence-corrected chi connectivity index (χ1v) is 6.37. The Kier molecular flexibility index (Phi) is 4.98. The van der Waals surface area contributed by atoms with E-state index < -0.39 is 18.1 Å². The number of carbonyl (C=O) groups is 2. The third-order valence-corrected chi connectivity index (χ3v) is 2.77. The second-order valence-electron chi connectivity index (χ2n) is 4.37. The number of carboxylic acids is 1. The maximum absolute atomic E-state index is 11.7. The fourth-order valence-electron chi connectivity index (χ4n) is 1.79. The summed E-state index contributed by atoms with van der Waals surface area (Å²) in [6.07, 6.45) is 0.441. The normalized spacial score (nSPS) is 11.6. The van der Waals surface area contributed by atoms with Crippen LogP contribution in [0.2, 0.25) is 0 Å². The highest BCUT2D eigenvalue weighted by molar-refractivity contribution is 5.71. The van der Waals surface area contributed by atoms with E-state index in [1.807, 2.05) is 30.3 Å². The van der Waals surface area contributed by atoms with Gasteiger partial charge in [-0.1, -0.05) is 30.3 Å². The van der Waals surface area contributed by atoms with Crippen molar-refractivity contribution in [3.8, 4) is 0 Å². The highest BCUT2D eigenvalue weighted by Crippen LogP contribution is 2.17. The Morgan fingerprint density at radius 2 is 1.95 bits per heavy atom. The van der Waals surface area contributed by atoms with Crippen molar-refractivity contribution in [1.82, 2.24) is 5.32 Å². The largest absolute Gasteiger partial charge is 0.481 e. The van der Waals surface area contributed by atoms with Gasteiger partial charge in [0.25, 0.3) is 0 Å². The summed E-state index contributed by atoms with van der Waals surface area (Å²) in [6.45, 7) is 0.116. The third-order valence-electron chi connectivity index (χ3n) is 2.77. The monoisotopic (exact) mass is 289 g/mol. The molecule has 0 saturated carbocycles. The number of carboxylic acid groups (broad SMARTS) is 1. The van der Waals surface area contributed by atoms with Crippen molar-refractivity contribution in [2.24, 2.45) is 0 Å².